The van der Waals surface area contributed by atoms with Crippen LogP contribution in [0.3, 0.4) is 0 Å². The van der Waals surface area contributed by atoms with Crippen LogP contribution >= 0.6 is 0 Å². The third kappa shape index (κ3) is 3.07. The van der Waals surface area contributed by atoms with Gasteiger partial charge in [-0.1, -0.05) is 48.5 Å². The van der Waals surface area contributed by atoms with Crippen molar-refractivity contribution in [3.63, 3.8) is 0 Å². The molecule has 0 radical (unpaired) electrons. The predicted molar refractivity (Wildman–Crippen MR) is 97.2 cm³/mol. The predicted octanol–water partition coefficient (Wildman–Crippen LogP) is 3.94. The summed E-state index contributed by atoms with van der Waals surface area (Å²) in [5.74, 6) is -0.315. The third-order valence-electron chi connectivity index (χ3n) is 3.85. The van der Waals surface area contributed by atoms with Gasteiger partial charge >= 0.3 is 0 Å². The molecule has 0 saturated heterocycles. The molecule has 0 aliphatic heterocycles. The highest BCUT2D eigenvalue weighted by Crippen LogP contribution is 2.21. The fourth-order valence-electron chi connectivity index (χ4n) is 2.61. The quantitative estimate of drug-likeness (QED) is 0.619. The van der Waals surface area contributed by atoms with Crippen LogP contribution in [-0.2, 0) is 0 Å². The number of hydrogen-bond acceptors (Lipinski definition) is 4. The van der Waals surface area contributed by atoms with Crippen LogP contribution < -0.4 is 5.32 Å². The van der Waals surface area contributed by atoms with Gasteiger partial charge in [-0.15, -0.1) is 10.2 Å². The summed E-state index contributed by atoms with van der Waals surface area (Å²) in [6.45, 7) is 0. The van der Waals surface area contributed by atoms with Crippen molar-refractivity contribution in [2.75, 3.05) is 5.32 Å². The van der Waals surface area contributed by atoms with E-state index in [2.05, 4.69) is 20.5 Å². The molecule has 0 bridgehead atoms. The molecule has 4 rings (SSSR count). The van der Waals surface area contributed by atoms with E-state index in [1.807, 2.05) is 60.7 Å². The van der Waals surface area contributed by atoms with Gasteiger partial charge in [0.25, 0.3) is 5.91 Å². The van der Waals surface area contributed by atoms with E-state index >= 15 is 0 Å². The van der Waals surface area contributed by atoms with Crippen LogP contribution in [0.4, 0.5) is 5.69 Å². The van der Waals surface area contributed by atoms with Gasteiger partial charge in [-0.2, -0.15) is 0 Å². The van der Waals surface area contributed by atoms with Gasteiger partial charge in [-0.05, 0) is 24.3 Å². The lowest BCUT2D eigenvalue weighted by Gasteiger charge is -2.07. The zero-order valence-corrected chi connectivity index (χ0v) is 13.3. The first-order valence-electron chi connectivity index (χ1n) is 7.85. The molecular weight excluding hydrogens is 312 g/mol. The molecule has 0 spiro atoms. The lowest BCUT2D eigenvalue weighted by molar-refractivity contribution is 0.102. The van der Waals surface area contributed by atoms with E-state index in [1.54, 1.807) is 18.3 Å². The molecule has 0 atom stereocenters. The van der Waals surface area contributed by atoms with Crippen molar-refractivity contribution in [1.82, 2.24) is 15.2 Å². The Balaban J connectivity index is 1.59. The summed E-state index contributed by atoms with van der Waals surface area (Å²) >= 11 is 0. The number of nitrogens with one attached hydrogen (secondary N) is 1. The van der Waals surface area contributed by atoms with Gasteiger partial charge in [0.05, 0.1) is 16.9 Å². The van der Waals surface area contributed by atoms with Crippen molar-refractivity contribution < 1.29 is 4.79 Å². The molecule has 1 N–H and O–H groups in total. The van der Waals surface area contributed by atoms with Crippen molar-refractivity contribution in [3.8, 4) is 11.3 Å². The highest BCUT2D eigenvalue weighted by molar-refractivity contribution is 6.07. The fourth-order valence-corrected chi connectivity index (χ4v) is 2.61. The normalized spacial score (nSPS) is 10.6. The Kier molecular flexibility index (Phi) is 3.88. The Morgan fingerprint density at radius 1 is 0.800 bits per heavy atom. The van der Waals surface area contributed by atoms with Crippen molar-refractivity contribution in [1.29, 1.82) is 0 Å². The van der Waals surface area contributed by atoms with Gasteiger partial charge in [0.1, 0.15) is 0 Å². The molecule has 5 heteroatoms. The summed E-state index contributed by atoms with van der Waals surface area (Å²) in [6.07, 6.45) is 1.70. The lowest BCUT2D eigenvalue weighted by Crippen LogP contribution is -2.14. The Hall–Kier alpha value is -3.60. The topological polar surface area (TPSA) is 67.8 Å². The Morgan fingerprint density at radius 2 is 1.64 bits per heavy atom. The highest BCUT2D eigenvalue weighted by atomic mass is 16.1. The van der Waals surface area contributed by atoms with E-state index in [0.29, 0.717) is 5.69 Å². The number of fused-ring (bicyclic) bond motifs is 1. The second-order valence-corrected chi connectivity index (χ2v) is 5.50. The minimum Gasteiger partial charge on any atom is -0.319 e. The van der Waals surface area contributed by atoms with E-state index in [4.69, 9.17) is 0 Å². The standard InChI is InChI=1S/C20H14N4O/c25-20(22-17-10-4-8-15-9-5-13-21-19(15)17)18-12-11-16(23-24-18)14-6-2-1-3-7-14/h1-13H,(H,22,25). The molecule has 25 heavy (non-hydrogen) atoms. The molecule has 2 heterocycles. The van der Waals surface area contributed by atoms with Crippen LogP contribution in [-0.4, -0.2) is 21.1 Å². The molecule has 0 aliphatic rings. The van der Waals surface area contributed by atoms with E-state index in [1.165, 1.54) is 0 Å². The van der Waals surface area contributed by atoms with Crippen LogP contribution in [0, 0.1) is 0 Å². The van der Waals surface area contributed by atoms with Gasteiger partial charge < -0.3 is 5.32 Å². The summed E-state index contributed by atoms with van der Waals surface area (Å²) < 4.78 is 0. The zero-order valence-electron chi connectivity index (χ0n) is 13.3. The summed E-state index contributed by atoms with van der Waals surface area (Å²) in [6, 6.07) is 22.6. The maximum absolute atomic E-state index is 12.5. The number of rotatable bonds is 3. The number of nitrogens with zero attached hydrogens (tertiary/aromatic N) is 3. The van der Waals surface area contributed by atoms with Crippen molar-refractivity contribution in [2.45, 2.75) is 0 Å². The van der Waals surface area contributed by atoms with Crippen LogP contribution in [0.15, 0.2) is 79.0 Å². The van der Waals surface area contributed by atoms with E-state index < -0.39 is 0 Å². The Bertz CT molecular complexity index is 1020. The number of anilines is 1. The van der Waals surface area contributed by atoms with Crippen LogP contribution in [0.1, 0.15) is 10.5 Å². The average Bonchev–Trinajstić information content (AvgIpc) is 2.69. The van der Waals surface area contributed by atoms with Gasteiger partial charge in [0.15, 0.2) is 5.69 Å². The minimum absolute atomic E-state index is 0.257. The maximum atomic E-state index is 12.5. The smallest absolute Gasteiger partial charge is 0.276 e. The summed E-state index contributed by atoms with van der Waals surface area (Å²) in [4.78, 5) is 16.8. The molecule has 0 unspecified atom stereocenters. The number of pyridine rings is 1. The lowest BCUT2D eigenvalue weighted by atomic mass is 10.1. The Labute approximate surface area is 144 Å². The molecule has 0 saturated carbocycles. The summed E-state index contributed by atoms with van der Waals surface area (Å²) in [5, 5.41) is 12.0. The first-order chi connectivity index (χ1) is 12.3. The van der Waals surface area contributed by atoms with Gasteiger partial charge in [-0.3, -0.25) is 9.78 Å². The van der Waals surface area contributed by atoms with Gasteiger partial charge in [-0.25, -0.2) is 0 Å². The number of carbonyl (C=O) groups excluding carboxylic acids is 1. The number of aromatic nitrogens is 3. The summed E-state index contributed by atoms with van der Waals surface area (Å²) in [5.41, 5.74) is 3.33. The molecule has 0 aliphatic carbocycles. The van der Waals surface area contributed by atoms with E-state index in [9.17, 15) is 4.79 Å². The molecule has 2 aromatic heterocycles. The number of para-hydroxylation sites is 1. The SMILES string of the molecule is O=C(Nc1cccc2cccnc12)c1ccc(-c2ccccc2)nn1. The summed E-state index contributed by atoms with van der Waals surface area (Å²) in [7, 11) is 0. The third-order valence-corrected chi connectivity index (χ3v) is 3.85. The van der Waals surface area contributed by atoms with Gasteiger partial charge in [0.2, 0.25) is 0 Å². The number of carbonyl (C=O) groups is 1. The number of benzene rings is 2. The Morgan fingerprint density at radius 3 is 2.44 bits per heavy atom. The molecular formula is C20H14N4O. The maximum Gasteiger partial charge on any atom is 0.276 e. The fraction of sp³-hybridized carbons (Fsp3) is 0. The molecule has 2 aromatic carbocycles. The zero-order chi connectivity index (χ0) is 17.1. The molecule has 0 fully saturated rings. The second kappa shape index (κ2) is 6.49. The monoisotopic (exact) mass is 326 g/mol. The van der Waals surface area contributed by atoms with Crippen molar-refractivity contribution in [3.05, 3.63) is 84.7 Å². The minimum atomic E-state index is -0.315. The van der Waals surface area contributed by atoms with Crippen molar-refractivity contribution in [2.24, 2.45) is 0 Å². The van der Waals surface area contributed by atoms with Crippen molar-refractivity contribution >= 4 is 22.5 Å². The largest absolute Gasteiger partial charge is 0.319 e. The first-order valence-corrected chi connectivity index (χ1v) is 7.85. The molecule has 5 nitrogen and oxygen atoms in total. The molecule has 120 valence electrons. The second-order valence-electron chi connectivity index (χ2n) is 5.50. The van der Waals surface area contributed by atoms with Crippen LogP contribution in [0.2, 0.25) is 0 Å². The van der Waals surface area contributed by atoms with Crippen LogP contribution in [0.25, 0.3) is 22.2 Å². The van der Waals surface area contributed by atoms with Gasteiger partial charge in [0, 0.05) is 17.1 Å². The highest BCUT2D eigenvalue weighted by Gasteiger charge is 2.11. The van der Waals surface area contributed by atoms with E-state index in [0.717, 1.165) is 22.2 Å². The first kappa shape index (κ1) is 15.0. The molecule has 1 amide bonds. The molecule has 4 aromatic rings. The van der Waals surface area contributed by atoms with Crippen LogP contribution in [0.5, 0.6) is 0 Å². The number of hydrogen-bond donors (Lipinski definition) is 1. The van der Waals surface area contributed by atoms with E-state index in [-0.39, 0.29) is 11.6 Å². The average molecular weight is 326 g/mol. The number of amides is 1.